The quantitative estimate of drug-likeness (QED) is 0.109. The number of pyridine rings is 2. The summed E-state index contributed by atoms with van der Waals surface area (Å²) in [5.41, 5.74) is 7.98. The van der Waals surface area contributed by atoms with E-state index in [4.69, 9.17) is 20.2 Å². The largest absolute Gasteiger partial charge is 0.458 e. The molecule has 2 aromatic heterocycles. The first-order chi connectivity index (χ1) is 19.9. The van der Waals surface area contributed by atoms with Gasteiger partial charge in [-0.2, -0.15) is 0 Å². The van der Waals surface area contributed by atoms with Gasteiger partial charge in [-0.05, 0) is 54.2 Å². The molecule has 10 nitrogen and oxygen atoms in total. The van der Waals surface area contributed by atoms with Crippen LogP contribution in [0, 0.1) is 0 Å². The van der Waals surface area contributed by atoms with Crippen molar-refractivity contribution < 1.29 is 24.2 Å². The van der Waals surface area contributed by atoms with Crippen molar-refractivity contribution in [3.8, 4) is 11.4 Å². The van der Waals surface area contributed by atoms with Crippen molar-refractivity contribution in [2.24, 2.45) is 5.73 Å². The number of nitrogens with one attached hydrogen (secondary N) is 1. The molecular formula is C31H32N4O6. The number of esters is 1. The number of benzene rings is 2. The summed E-state index contributed by atoms with van der Waals surface area (Å²) in [5, 5.41) is 17.1. The van der Waals surface area contributed by atoms with Crippen LogP contribution in [0.5, 0.6) is 0 Å². The van der Waals surface area contributed by atoms with Crippen LogP contribution in [0.25, 0.3) is 33.1 Å². The molecule has 0 unspecified atom stereocenters. The van der Waals surface area contributed by atoms with Gasteiger partial charge in [0.2, 0.25) is 5.91 Å². The lowest BCUT2D eigenvalue weighted by Crippen LogP contribution is -2.44. The number of ether oxygens (including phenoxy) is 2. The molecule has 10 heteroatoms. The van der Waals surface area contributed by atoms with Gasteiger partial charge in [0, 0.05) is 23.1 Å². The average Bonchev–Trinajstić information content (AvgIpc) is 3.36. The van der Waals surface area contributed by atoms with Gasteiger partial charge in [0.25, 0.3) is 5.56 Å². The number of amides is 1. The number of aryl methyl sites for hydroxylation is 1. The summed E-state index contributed by atoms with van der Waals surface area (Å²) >= 11 is 0. The molecule has 4 heterocycles. The van der Waals surface area contributed by atoms with Crippen LogP contribution < -0.4 is 16.6 Å². The first-order valence-corrected chi connectivity index (χ1v) is 13.9. The van der Waals surface area contributed by atoms with Crippen LogP contribution in [0.3, 0.4) is 0 Å². The van der Waals surface area contributed by atoms with E-state index in [1.54, 1.807) is 17.6 Å². The molecular weight excluding hydrogens is 524 g/mol. The smallest absolute Gasteiger partial charge is 0.343 e. The molecule has 212 valence electrons. The number of aromatic nitrogens is 2. The topological polar surface area (TPSA) is 146 Å². The lowest BCUT2D eigenvalue weighted by molar-refractivity contribution is -0.172. The van der Waals surface area contributed by atoms with Crippen LogP contribution in [0.1, 0.15) is 48.4 Å². The van der Waals surface area contributed by atoms with Gasteiger partial charge in [0.15, 0.2) is 5.60 Å². The molecule has 2 aliphatic heterocycles. The van der Waals surface area contributed by atoms with Crippen molar-refractivity contribution in [3.63, 3.8) is 0 Å². The van der Waals surface area contributed by atoms with Crippen LogP contribution in [0.2, 0.25) is 0 Å². The summed E-state index contributed by atoms with van der Waals surface area (Å²) in [7, 11) is 0. The molecule has 0 aliphatic carbocycles. The SMILES string of the molecule is CC[C@@]1(O)C(=O)OCc2c1cc1n(c2=O)Cc2c-1nc1ccc3ccccc3c1c2CCCCOCNC(=O)CN. The fourth-order valence-electron chi connectivity index (χ4n) is 6.00. The molecule has 4 N–H and O–H groups in total. The summed E-state index contributed by atoms with van der Waals surface area (Å²) in [6.07, 6.45) is 2.41. The molecule has 0 spiro atoms. The molecule has 0 radical (unpaired) electrons. The van der Waals surface area contributed by atoms with E-state index in [2.05, 4.69) is 17.4 Å². The van der Waals surface area contributed by atoms with Crippen LogP contribution >= 0.6 is 0 Å². The van der Waals surface area contributed by atoms with Crippen molar-refractivity contribution in [2.45, 2.75) is 51.4 Å². The van der Waals surface area contributed by atoms with E-state index in [1.807, 2.05) is 24.3 Å². The summed E-state index contributed by atoms with van der Waals surface area (Å²) in [6, 6.07) is 14.0. The third kappa shape index (κ3) is 4.48. The Hall–Kier alpha value is -4.12. The summed E-state index contributed by atoms with van der Waals surface area (Å²) in [4.78, 5) is 42.6. The highest BCUT2D eigenvalue weighted by Crippen LogP contribution is 2.41. The number of unbranched alkanes of at least 4 members (excludes halogenated alkanes) is 1. The van der Waals surface area contributed by atoms with Gasteiger partial charge in [-0.3, -0.25) is 9.59 Å². The monoisotopic (exact) mass is 556 g/mol. The first kappa shape index (κ1) is 27.1. The Bertz CT molecular complexity index is 1760. The molecule has 4 aromatic rings. The molecule has 0 saturated carbocycles. The maximum absolute atomic E-state index is 13.7. The van der Waals surface area contributed by atoms with E-state index in [0.29, 0.717) is 35.7 Å². The van der Waals surface area contributed by atoms with Crippen LogP contribution in [0.4, 0.5) is 0 Å². The lowest BCUT2D eigenvalue weighted by atomic mass is 9.86. The van der Waals surface area contributed by atoms with Crippen molar-refractivity contribution in [2.75, 3.05) is 19.9 Å². The van der Waals surface area contributed by atoms with E-state index >= 15 is 0 Å². The normalized spacial score (nSPS) is 17.3. The Morgan fingerprint density at radius 2 is 2.02 bits per heavy atom. The molecule has 0 bridgehead atoms. The van der Waals surface area contributed by atoms with E-state index in [9.17, 15) is 19.5 Å². The molecule has 1 amide bonds. The highest BCUT2D eigenvalue weighted by atomic mass is 16.6. The van der Waals surface area contributed by atoms with E-state index in [-0.39, 0.29) is 37.8 Å². The number of fused-ring (bicyclic) bond motifs is 7. The van der Waals surface area contributed by atoms with Gasteiger partial charge < -0.3 is 30.2 Å². The number of cyclic esters (lactones) is 1. The standard InChI is InChI=1S/C31H32N4O6/c1-2-31(39)23-13-25-28-21(15-35(25)29(37)22(23)16-41-30(31)38)20(9-5-6-12-40-17-33-26(36)14-32)27-19-8-4-3-7-18(19)10-11-24(27)34-28/h3-4,7-8,10-11,13,39H,2,5-6,9,12,14-17,32H2,1H3,(H,33,36)/t31-/m0/s1. The zero-order chi connectivity index (χ0) is 28.7. The summed E-state index contributed by atoms with van der Waals surface area (Å²) in [6.45, 7) is 2.40. The van der Waals surface area contributed by atoms with E-state index < -0.39 is 11.6 Å². The Morgan fingerprint density at radius 3 is 2.83 bits per heavy atom. The highest BCUT2D eigenvalue weighted by Gasteiger charge is 2.45. The van der Waals surface area contributed by atoms with Crippen molar-refractivity contribution in [1.29, 1.82) is 0 Å². The third-order valence-electron chi connectivity index (χ3n) is 8.22. The maximum Gasteiger partial charge on any atom is 0.343 e. The predicted molar refractivity (Wildman–Crippen MR) is 153 cm³/mol. The second-order valence-corrected chi connectivity index (χ2v) is 10.5. The zero-order valence-electron chi connectivity index (χ0n) is 22.9. The maximum atomic E-state index is 13.7. The fraction of sp³-hybridized carbons (Fsp3) is 0.355. The average molecular weight is 557 g/mol. The van der Waals surface area contributed by atoms with E-state index in [0.717, 1.165) is 52.1 Å². The van der Waals surface area contributed by atoms with Gasteiger partial charge in [-0.1, -0.05) is 37.3 Å². The van der Waals surface area contributed by atoms with Gasteiger partial charge in [0.1, 0.15) is 13.3 Å². The molecule has 2 aromatic carbocycles. The Kier molecular flexibility index (Phi) is 7.06. The summed E-state index contributed by atoms with van der Waals surface area (Å²) in [5.74, 6) is -1.00. The number of rotatable bonds is 9. The number of carbonyl (C=O) groups excluding carboxylic acids is 2. The number of carbonyl (C=O) groups is 2. The van der Waals surface area contributed by atoms with Crippen molar-refractivity contribution in [1.82, 2.24) is 14.9 Å². The molecule has 0 saturated heterocycles. The molecule has 1 atom stereocenters. The van der Waals surface area contributed by atoms with Gasteiger partial charge in [-0.15, -0.1) is 0 Å². The van der Waals surface area contributed by atoms with Gasteiger partial charge in [-0.25, -0.2) is 9.78 Å². The number of aliphatic hydroxyl groups is 1. The minimum absolute atomic E-state index is 0.0763. The molecule has 2 aliphatic rings. The number of nitrogens with zero attached hydrogens (tertiary/aromatic N) is 2. The lowest BCUT2D eigenvalue weighted by Gasteiger charge is -2.31. The van der Waals surface area contributed by atoms with Crippen LogP contribution in [-0.4, -0.2) is 46.4 Å². The number of hydrogen-bond donors (Lipinski definition) is 3. The zero-order valence-corrected chi connectivity index (χ0v) is 22.9. The van der Waals surface area contributed by atoms with Crippen molar-refractivity contribution >= 4 is 33.6 Å². The first-order valence-electron chi connectivity index (χ1n) is 13.9. The van der Waals surface area contributed by atoms with E-state index in [1.165, 1.54) is 0 Å². The minimum atomic E-state index is -1.87. The van der Waals surface area contributed by atoms with Gasteiger partial charge >= 0.3 is 5.97 Å². The number of hydrogen-bond acceptors (Lipinski definition) is 8. The Morgan fingerprint density at radius 1 is 1.20 bits per heavy atom. The van der Waals surface area contributed by atoms with Crippen LogP contribution in [0.15, 0.2) is 47.3 Å². The second kappa shape index (κ2) is 10.7. The Balaban J connectivity index is 1.42. The minimum Gasteiger partial charge on any atom is -0.458 e. The second-order valence-electron chi connectivity index (χ2n) is 10.5. The molecule has 41 heavy (non-hydrogen) atoms. The third-order valence-corrected chi connectivity index (χ3v) is 8.22. The van der Waals surface area contributed by atoms with Crippen LogP contribution in [-0.2, 0) is 44.2 Å². The molecule has 6 rings (SSSR count). The number of nitrogens with two attached hydrogens (primary N) is 1. The Labute approximate surface area is 236 Å². The van der Waals surface area contributed by atoms with Gasteiger partial charge in [0.05, 0.1) is 35.6 Å². The fourth-order valence-corrected chi connectivity index (χ4v) is 6.00. The predicted octanol–water partition coefficient (Wildman–Crippen LogP) is 2.60. The van der Waals surface area contributed by atoms with Crippen molar-refractivity contribution in [3.05, 3.63) is 75.1 Å². The molecule has 0 fully saturated rings. The summed E-state index contributed by atoms with van der Waals surface area (Å²) < 4.78 is 12.4. The highest BCUT2D eigenvalue weighted by molar-refractivity contribution is 6.09.